The van der Waals surface area contributed by atoms with Gasteiger partial charge in [-0.3, -0.25) is 4.79 Å². The number of carboxylic acid groups (broad SMARTS) is 1. The number of amidine groups is 1. The van der Waals surface area contributed by atoms with E-state index in [2.05, 4.69) is 4.99 Å². The minimum absolute atomic E-state index is 0.190. The third-order valence-electron chi connectivity index (χ3n) is 1.36. The molecule has 0 aromatic rings. The molecule has 1 unspecified atom stereocenters. The van der Waals surface area contributed by atoms with Crippen LogP contribution >= 0.6 is 0 Å². The van der Waals surface area contributed by atoms with E-state index in [0.717, 1.165) is 0 Å². The molecular formula is C6H8N2O2. The Balaban J connectivity index is 2.73. The molecule has 10 heavy (non-hydrogen) atoms. The van der Waals surface area contributed by atoms with Gasteiger partial charge in [0.15, 0.2) is 0 Å². The minimum Gasteiger partial charge on any atom is -0.481 e. The number of nitrogens with zero attached hydrogens (tertiary/aromatic N) is 1. The first-order valence-electron chi connectivity index (χ1n) is 2.93. The van der Waals surface area contributed by atoms with E-state index >= 15 is 0 Å². The largest absolute Gasteiger partial charge is 0.481 e. The molecule has 0 bridgehead atoms. The molecule has 0 aliphatic carbocycles. The first-order chi connectivity index (χ1) is 4.72. The van der Waals surface area contributed by atoms with E-state index in [4.69, 9.17) is 10.8 Å². The van der Waals surface area contributed by atoms with Crippen LogP contribution in [0.25, 0.3) is 0 Å². The number of aliphatic imine (C=N–C) groups is 1. The first-order valence-corrected chi connectivity index (χ1v) is 2.93. The predicted molar refractivity (Wildman–Crippen MR) is 36.5 cm³/mol. The molecule has 1 aliphatic rings. The van der Waals surface area contributed by atoms with Gasteiger partial charge in [-0.15, -0.1) is 0 Å². The van der Waals surface area contributed by atoms with Crippen LogP contribution in [0, 0.1) is 5.92 Å². The molecule has 0 spiro atoms. The van der Waals surface area contributed by atoms with Gasteiger partial charge in [-0.2, -0.15) is 0 Å². The number of allylic oxidation sites excluding steroid dienone is 1. The maximum Gasteiger partial charge on any atom is 0.314 e. The summed E-state index contributed by atoms with van der Waals surface area (Å²) < 4.78 is 0. The van der Waals surface area contributed by atoms with Gasteiger partial charge in [-0.1, -0.05) is 6.08 Å². The second-order valence-electron chi connectivity index (χ2n) is 2.07. The lowest BCUT2D eigenvalue weighted by Crippen LogP contribution is -2.31. The van der Waals surface area contributed by atoms with Crippen molar-refractivity contribution in [2.45, 2.75) is 6.42 Å². The Bertz CT molecular complexity index is 208. The van der Waals surface area contributed by atoms with E-state index in [1.807, 2.05) is 0 Å². The Morgan fingerprint density at radius 3 is 3.00 bits per heavy atom. The molecule has 0 saturated carbocycles. The van der Waals surface area contributed by atoms with Crippen molar-refractivity contribution in [1.82, 2.24) is 0 Å². The molecule has 3 N–H and O–H groups in total. The molecule has 0 radical (unpaired) electrons. The monoisotopic (exact) mass is 140 g/mol. The molecule has 1 heterocycles. The lowest BCUT2D eigenvalue weighted by atomic mass is 10.0. The molecule has 54 valence electrons. The zero-order chi connectivity index (χ0) is 7.56. The van der Waals surface area contributed by atoms with Gasteiger partial charge in [0, 0.05) is 6.20 Å². The number of carbonyl (C=O) groups is 1. The van der Waals surface area contributed by atoms with Crippen molar-refractivity contribution >= 4 is 11.8 Å². The molecule has 0 saturated heterocycles. The highest BCUT2D eigenvalue weighted by Crippen LogP contribution is 2.09. The second-order valence-corrected chi connectivity index (χ2v) is 2.07. The highest BCUT2D eigenvalue weighted by atomic mass is 16.4. The maximum absolute atomic E-state index is 10.4. The summed E-state index contributed by atoms with van der Waals surface area (Å²) in [6, 6.07) is 0. The fourth-order valence-corrected chi connectivity index (χ4v) is 0.774. The number of carboxylic acids is 1. The molecule has 1 aliphatic heterocycles. The van der Waals surface area contributed by atoms with E-state index in [1.165, 1.54) is 6.20 Å². The third kappa shape index (κ3) is 1.15. The van der Waals surface area contributed by atoms with E-state index < -0.39 is 11.9 Å². The fraction of sp³-hybridized carbons (Fsp3) is 0.333. The standard InChI is InChI=1S/C6H8N2O2/c7-5-4(6(9)10)2-1-3-8-5/h1,3-4H,2H2,(H2,7,8)(H,9,10). The van der Waals surface area contributed by atoms with Crippen LogP contribution < -0.4 is 5.73 Å². The zero-order valence-electron chi connectivity index (χ0n) is 5.32. The molecule has 4 heteroatoms. The van der Waals surface area contributed by atoms with Gasteiger partial charge in [-0.25, -0.2) is 4.99 Å². The van der Waals surface area contributed by atoms with Crippen LogP contribution in [0.1, 0.15) is 6.42 Å². The minimum atomic E-state index is -0.911. The molecule has 0 amide bonds. The lowest BCUT2D eigenvalue weighted by molar-refractivity contribution is -0.139. The fourth-order valence-electron chi connectivity index (χ4n) is 0.774. The number of hydrogen-bond acceptors (Lipinski definition) is 3. The highest BCUT2D eigenvalue weighted by Gasteiger charge is 2.21. The van der Waals surface area contributed by atoms with Crippen molar-refractivity contribution < 1.29 is 9.90 Å². The smallest absolute Gasteiger partial charge is 0.314 e. The zero-order valence-corrected chi connectivity index (χ0v) is 5.32. The van der Waals surface area contributed by atoms with Crippen LogP contribution in [0.15, 0.2) is 17.3 Å². The van der Waals surface area contributed by atoms with Gasteiger partial charge in [-0.05, 0) is 6.42 Å². The average molecular weight is 140 g/mol. The molecule has 0 aromatic heterocycles. The van der Waals surface area contributed by atoms with Crippen LogP contribution in [0.2, 0.25) is 0 Å². The molecule has 1 atom stereocenters. The van der Waals surface area contributed by atoms with Gasteiger partial charge < -0.3 is 10.8 Å². The normalized spacial score (nSPS) is 24.0. The maximum atomic E-state index is 10.4. The van der Waals surface area contributed by atoms with Crippen molar-refractivity contribution in [2.75, 3.05) is 0 Å². The van der Waals surface area contributed by atoms with Crippen molar-refractivity contribution in [3.05, 3.63) is 12.3 Å². The van der Waals surface area contributed by atoms with E-state index in [1.54, 1.807) is 6.08 Å². The summed E-state index contributed by atoms with van der Waals surface area (Å²) in [5, 5.41) is 8.51. The predicted octanol–water partition coefficient (Wildman–Crippen LogP) is -0.0382. The summed E-state index contributed by atoms with van der Waals surface area (Å²) in [4.78, 5) is 14.0. The second kappa shape index (κ2) is 2.51. The molecule has 4 nitrogen and oxygen atoms in total. The number of hydrogen-bond donors (Lipinski definition) is 2. The molecule has 1 rings (SSSR count). The van der Waals surface area contributed by atoms with Crippen LogP contribution in [0.4, 0.5) is 0 Å². The van der Waals surface area contributed by atoms with Crippen molar-refractivity contribution in [3.63, 3.8) is 0 Å². The Labute approximate surface area is 58.1 Å². The van der Waals surface area contributed by atoms with Crippen molar-refractivity contribution in [3.8, 4) is 0 Å². The lowest BCUT2D eigenvalue weighted by Gasteiger charge is -2.10. The van der Waals surface area contributed by atoms with Gasteiger partial charge >= 0.3 is 5.97 Å². The summed E-state index contributed by atoms with van der Waals surface area (Å²) in [6.45, 7) is 0. The van der Waals surface area contributed by atoms with E-state index in [0.29, 0.717) is 6.42 Å². The van der Waals surface area contributed by atoms with Crippen LogP contribution in [0.5, 0.6) is 0 Å². The summed E-state index contributed by atoms with van der Waals surface area (Å²) >= 11 is 0. The quantitative estimate of drug-likeness (QED) is 0.536. The Hall–Kier alpha value is -1.32. The topological polar surface area (TPSA) is 75.7 Å². The van der Waals surface area contributed by atoms with Gasteiger partial charge in [0.2, 0.25) is 0 Å². The third-order valence-corrected chi connectivity index (χ3v) is 1.36. The highest BCUT2D eigenvalue weighted by molar-refractivity contribution is 6.00. The SMILES string of the molecule is NC1=NC=CCC1C(=O)O. The van der Waals surface area contributed by atoms with Crippen LogP contribution in [-0.2, 0) is 4.79 Å². The average Bonchev–Trinajstić information content (AvgIpc) is 1.88. The Kier molecular flexibility index (Phi) is 1.71. The van der Waals surface area contributed by atoms with E-state index in [-0.39, 0.29) is 5.84 Å². The summed E-state index contributed by atoms with van der Waals surface area (Å²) in [7, 11) is 0. The Morgan fingerprint density at radius 1 is 1.90 bits per heavy atom. The summed E-state index contributed by atoms with van der Waals surface area (Å²) in [5.41, 5.74) is 5.30. The number of aliphatic carboxylic acids is 1. The summed E-state index contributed by atoms with van der Waals surface area (Å²) in [5.74, 6) is -1.34. The molecule has 0 aromatic carbocycles. The Morgan fingerprint density at radius 2 is 2.60 bits per heavy atom. The summed E-state index contributed by atoms with van der Waals surface area (Å²) in [6.07, 6.45) is 3.66. The van der Waals surface area contributed by atoms with Crippen LogP contribution in [-0.4, -0.2) is 16.9 Å². The molecular weight excluding hydrogens is 132 g/mol. The molecule has 0 fully saturated rings. The van der Waals surface area contributed by atoms with Crippen molar-refractivity contribution in [2.24, 2.45) is 16.6 Å². The van der Waals surface area contributed by atoms with E-state index in [9.17, 15) is 4.79 Å². The van der Waals surface area contributed by atoms with Crippen molar-refractivity contribution in [1.29, 1.82) is 0 Å². The van der Waals surface area contributed by atoms with Gasteiger partial charge in [0.05, 0.1) is 0 Å². The van der Waals surface area contributed by atoms with Gasteiger partial charge in [0.1, 0.15) is 11.8 Å². The van der Waals surface area contributed by atoms with Gasteiger partial charge in [0.25, 0.3) is 0 Å². The number of rotatable bonds is 1. The number of nitrogens with two attached hydrogens (primary N) is 1. The first kappa shape index (κ1) is 6.80. The van der Waals surface area contributed by atoms with Crippen LogP contribution in [0.3, 0.4) is 0 Å².